The molecule has 0 atom stereocenters. The van der Waals surface area contributed by atoms with Crippen LogP contribution in [0.4, 0.5) is 5.69 Å². The van der Waals surface area contributed by atoms with E-state index in [9.17, 15) is 9.59 Å². The fourth-order valence-electron chi connectivity index (χ4n) is 2.58. The number of para-hydroxylation sites is 1. The van der Waals surface area contributed by atoms with Crippen molar-refractivity contribution in [1.82, 2.24) is 15.1 Å². The maximum absolute atomic E-state index is 12.0. The lowest BCUT2D eigenvalue weighted by atomic mass is 10.3. The van der Waals surface area contributed by atoms with Crippen LogP contribution < -0.4 is 10.6 Å². The Morgan fingerprint density at radius 2 is 1.58 bits per heavy atom. The molecule has 2 rings (SSSR count). The third kappa shape index (κ3) is 6.66. The quantitative estimate of drug-likeness (QED) is 0.655. The van der Waals surface area contributed by atoms with E-state index in [2.05, 4.69) is 20.4 Å². The predicted octanol–water partition coefficient (Wildman–Crippen LogP) is 0.00530. The van der Waals surface area contributed by atoms with Gasteiger partial charge in [-0.1, -0.05) is 18.2 Å². The SMILES string of the molecule is COCCNC(=O)CN1CCN(CC(=O)Nc2ccccc2)CC1. The zero-order valence-corrected chi connectivity index (χ0v) is 14.2. The van der Waals surface area contributed by atoms with E-state index in [0.29, 0.717) is 26.2 Å². The summed E-state index contributed by atoms with van der Waals surface area (Å²) in [5.74, 6) is 0.00859. The summed E-state index contributed by atoms with van der Waals surface area (Å²) < 4.78 is 4.90. The molecule has 0 aromatic heterocycles. The van der Waals surface area contributed by atoms with Crippen LogP contribution in [0.5, 0.6) is 0 Å². The number of hydrogen-bond acceptors (Lipinski definition) is 5. The molecular weight excluding hydrogens is 308 g/mol. The second-order valence-corrected chi connectivity index (χ2v) is 5.81. The fraction of sp³-hybridized carbons (Fsp3) is 0.529. The van der Waals surface area contributed by atoms with Gasteiger partial charge in [-0.2, -0.15) is 0 Å². The van der Waals surface area contributed by atoms with Crippen molar-refractivity contribution in [2.75, 3.05) is 64.8 Å². The summed E-state index contributed by atoms with van der Waals surface area (Å²) in [7, 11) is 1.61. The molecule has 1 aliphatic rings. The van der Waals surface area contributed by atoms with Crippen molar-refractivity contribution in [3.63, 3.8) is 0 Å². The largest absolute Gasteiger partial charge is 0.383 e. The summed E-state index contributed by atoms with van der Waals surface area (Å²) in [6, 6.07) is 9.45. The smallest absolute Gasteiger partial charge is 0.238 e. The maximum Gasteiger partial charge on any atom is 0.238 e. The monoisotopic (exact) mass is 334 g/mol. The number of piperazine rings is 1. The molecule has 0 bridgehead atoms. The van der Waals surface area contributed by atoms with Crippen molar-refractivity contribution >= 4 is 17.5 Å². The highest BCUT2D eigenvalue weighted by Gasteiger charge is 2.20. The van der Waals surface area contributed by atoms with Gasteiger partial charge in [-0.05, 0) is 12.1 Å². The van der Waals surface area contributed by atoms with Gasteiger partial charge in [0.15, 0.2) is 0 Å². The van der Waals surface area contributed by atoms with E-state index in [1.54, 1.807) is 7.11 Å². The van der Waals surface area contributed by atoms with Gasteiger partial charge in [0.2, 0.25) is 11.8 Å². The first-order valence-electron chi connectivity index (χ1n) is 8.22. The lowest BCUT2D eigenvalue weighted by Gasteiger charge is -2.33. The molecule has 0 aliphatic carbocycles. The van der Waals surface area contributed by atoms with Crippen LogP contribution >= 0.6 is 0 Å². The molecule has 1 saturated heterocycles. The van der Waals surface area contributed by atoms with Crippen LogP contribution in [0.15, 0.2) is 30.3 Å². The predicted molar refractivity (Wildman–Crippen MR) is 92.8 cm³/mol. The van der Waals surface area contributed by atoms with E-state index in [4.69, 9.17) is 4.74 Å². The third-order valence-corrected chi connectivity index (χ3v) is 3.89. The second kappa shape index (κ2) is 10.0. The van der Waals surface area contributed by atoms with Crippen LogP contribution in [0.3, 0.4) is 0 Å². The number of rotatable bonds is 8. The molecule has 132 valence electrons. The van der Waals surface area contributed by atoms with E-state index in [1.807, 2.05) is 30.3 Å². The van der Waals surface area contributed by atoms with E-state index >= 15 is 0 Å². The van der Waals surface area contributed by atoms with Gasteiger partial charge in [0.25, 0.3) is 0 Å². The molecule has 0 spiro atoms. The molecule has 1 aliphatic heterocycles. The van der Waals surface area contributed by atoms with Gasteiger partial charge >= 0.3 is 0 Å². The molecule has 2 N–H and O–H groups in total. The molecule has 1 aromatic carbocycles. The molecule has 0 saturated carbocycles. The van der Waals surface area contributed by atoms with E-state index in [-0.39, 0.29) is 11.8 Å². The molecular formula is C17H26N4O3. The Morgan fingerprint density at radius 1 is 1.00 bits per heavy atom. The highest BCUT2D eigenvalue weighted by atomic mass is 16.5. The average molecular weight is 334 g/mol. The van der Waals surface area contributed by atoms with Gasteiger partial charge in [-0.25, -0.2) is 0 Å². The average Bonchev–Trinajstić information content (AvgIpc) is 2.58. The summed E-state index contributed by atoms with van der Waals surface area (Å²) in [6.45, 7) is 4.98. The second-order valence-electron chi connectivity index (χ2n) is 5.81. The van der Waals surface area contributed by atoms with Crippen molar-refractivity contribution in [3.8, 4) is 0 Å². The minimum Gasteiger partial charge on any atom is -0.383 e. The highest BCUT2D eigenvalue weighted by Crippen LogP contribution is 2.06. The molecule has 2 amide bonds. The molecule has 1 fully saturated rings. The van der Waals surface area contributed by atoms with Gasteiger partial charge in [0.1, 0.15) is 0 Å². The van der Waals surface area contributed by atoms with E-state index < -0.39 is 0 Å². The van der Waals surface area contributed by atoms with E-state index in [1.165, 1.54) is 0 Å². The summed E-state index contributed by atoms with van der Waals surface area (Å²) >= 11 is 0. The zero-order valence-electron chi connectivity index (χ0n) is 14.2. The lowest BCUT2D eigenvalue weighted by Crippen LogP contribution is -2.51. The number of carbonyl (C=O) groups is 2. The molecule has 1 heterocycles. The van der Waals surface area contributed by atoms with Crippen LogP contribution in [0, 0.1) is 0 Å². The number of carbonyl (C=O) groups excluding carboxylic acids is 2. The number of amides is 2. The Hall–Kier alpha value is -1.96. The van der Waals surface area contributed by atoms with Crippen molar-refractivity contribution < 1.29 is 14.3 Å². The van der Waals surface area contributed by atoms with Gasteiger partial charge in [0.05, 0.1) is 19.7 Å². The normalized spacial score (nSPS) is 15.9. The first kappa shape index (κ1) is 18.4. The Labute approximate surface area is 142 Å². The highest BCUT2D eigenvalue weighted by molar-refractivity contribution is 5.92. The van der Waals surface area contributed by atoms with Crippen LogP contribution in [-0.2, 0) is 14.3 Å². The first-order valence-corrected chi connectivity index (χ1v) is 8.22. The Bertz CT molecular complexity index is 516. The molecule has 24 heavy (non-hydrogen) atoms. The number of nitrogens with one attached hydrogen (secondary N) is 2. The molecule has 7 heteroatoms. The molecule has 0 radical (unpaired) electrons. The summed E-state index contributed by atoms with van der Waals surface area (Å²) in [6.07, 6.45) is 0. The van der Waals surface area contributed by atoms with Crippen LogP contribution in [-0.4, -0.2) is 81.1 Å². The number of benzene rings is 1. The van der Waals surface area contributed by atoms with Crippen LogP contribution in [0.25, 0.3) is 0 Å². The topological polar surface area (TPSA) is 73.9 Å². The van der Waals surface area contributed by atoms with Crippen molar-refractivity contribution in [2.45, 2.75) is 0 Å². The van der Waals surface area contributed by atoms with Crippen molar-refractivity contribution in [2.24, 2.45) is 0 Å². The standard InChI is InChI=1S/C17H26N4O3/c1-24-12-7-18-16(22)13-20-8-10-21(11-9-20)14-17(23)19-15-5-3-2-4-6-15/h2-6H,7-14H2,1H3,(H,18,22)(H,19,23). The van der Waals surface area contributed by atoms with Gasteiger partial charge in [0, 0.05) is 45.5 Å². The third-order valence-electron chi connectivity index (χ3n) is 3.89. The Balaban J connectivity index is 1.63. The van der Waals surface area contributed by atoms with Crippen LogP contribution in [0.1, 0.15) is 0 Å². The van der Waals surface area contributed by atoms with Crippen molar-refractivity contribution in [1.29, 1.82) is 0 Å². The molecule has 7 nitrogen and oxygen atoms in total. The van der Waals surface area contributed by atoms with Gasteiger partial charge in [-0.15, -0.1) is 0 Å². The Kier molecular flexibility index (Phi) is 7.67. The van der Waals surface area contributed by atoms with Gasteiger partial charge in [-0.3, -0.25) is 19.4 Å². The summed E-state index contributed by atoms with van der Waals surface area (Å²) in [5, 5.41) is 5.71. The number of methoxy groups -OCH3 is 1. The van der Waals surface area contributed by atoms with Gasteiger partial charge < -0.3 is 15.4 Å². The number of anilines is 1. The Morgan fingerprint density at radius 3 is 2.17 bits per heavy atom. The minimum atomic E-state index is -0.00745. The lowest BCUT2D eigenvalue weighted by molar-refractivity contribution is -0.123. The fourth-order valence-corrected chi connectivity index (χ4v) is 2.58. The minimum absolute atomic E-state index is 0.00745. The van der Waals surface area contributed by atoms with E-state index in [0.717, 1.165) is 31.9 Å². The molecule has 1 aromatic rings. The zero-order chi connectivity index (χ0) is 17.2. The molecule has 0 unspecified atom stereocenters. The summed E-state index contributed by atoms with van der Waals surface area (Å²) in [5.41, 5.74) is 0.814. The maximum atomic E-state index is 12.0. The summed E-state index contributed by atoms with van der Waals surface area (Å²) in [4.78, 5) is 28.0. The van der Waals surface area contributed by atoms with Crippen molar-refractivity contribution in [3.05, 3.63) is 30.3 Å². The number of nitrogens with zero attached hydrogens (tertiary/aromatic N) is 2. The van der Waals surface area contributed by atoms with Crippen LogP contribution in [0.2, 0.25) is 0 Å². The number of hydrogen-bond donors (Lipinski definition) is 2. The first-order chi connectivity index (χ1) is 11.7. The number of ether oxygens (including phenoxy) is 1.